The minimum atomic E-state index is 0.438. The largest absolute Gasteiger partial charge is 0.308 e. The summed E-state index contributed by atoms with van der Waals surface area (Å²) >= 11 is 0. The molecule has 0 spiro atoms. The van der Waals surface area contributed by atoms with Gasteiger partial charge in [0.25, 0.3) is 0 Å². The molecule has 5 aromatic heterocycles. The maximum atomic E-state index is 5.40. The number of rotatable bonds is 13. The smallest absolute Gasteiger partial charge is 0.166 e. The predicted octanol–water partition coefficient (Wildman–Crippen LogP) is 17.5. The fourth-order valence-electron chi connectivity index (χ4n) is 11.4. The lowest BCUT2D eigenvalue weighted by Crippen LogP contribution is -2.05. The van der Waals surface area contributed by atoms with Crippen LogP contribution in [0.3, 0.4) is 0 Å². The topological polar surface area (TPSA) is 160 Å². The number of benzene rings is 11. The Labute approximate surface area is 523 Å². The zero-order chi connectivity index (χ0) is 60.5. The van der Waals surface area contributed by atoms with E-state index in [0.717, 1.165) is 88.7 Å². The van der Waals surface area contributed by atoms with Crippen LogP contribution in [-0.4, -0.2) is 64.4 Å². The van der Waals surface area contributed by atoms with Crippen molar-refractivity contribution in [2.24, 2.45) is 0 Å². The Kier molecular flexibility index (Phi) is 13.9. The molecule has 91 heavy (non-hydrogen) atoms. The third kappa shape index (κ3) is 10.7. The maximum absolute atomic E-state index is 5.40. The highest BCUT2D eigenvalue weighted by Gasteiger charge is 2.25. The molecule has 0 aliphatic carbocycles. The second-order valence-corrected chi connectivity index (χ2v) is 21.7. The molecule has 0 saturated carbocycles. The van der Waals surface area contributed by atoms with Gasteiger partial charge in [0.2, 0.25) is 0 Å². The molecule has 0 amide bonds. The van der Waals surface area contributed by atoms with Crippen molar-refractivity contribution in [3.8, 4) is 142 Å². The van der Waals surface area contributed by atoms with Crippen LogP contribution < -0.4 is 0 Å². The average molecular weight is 1170 g/mol. The Bertz CT molecular complexity index is 4900. The molecule has 0 unspecified atom stereocenters. The van der Waals surface area contributed by atoms with Crippen molar-refractivity contribution < 1.29 is 0 Å². The summed E-state index contributed by atoms with van der Waals surface area (Å²) in [5.74, 6) is 6.29. The van der Waals surface area contributed by atoms with Gasteiger partial charge in [0.1, 0.15) is 0 Å². The monoisotopic (exact) mass is 1170 g/mol. The van der Waals surface area contributed by atoms with E-state index in [2.05, 4.69) is 59.2 Å². The maximum Gasteiger partial charge on any atom is 0.166 e. The van der Waals surface area contributed by atoms with Crippen molar-refractivity contribution in [2.75, 3.05) is 0 Å². The van der Waals surface area contributed by atoms with Crippen LogP contribution in [0.15, 0.2) is 297 Å². The van der Waals surface area contributed by atoms with E-state index in [1.54, 1.807) is 0 Å². The summed E-state index contributed by atoms with van der Waals surface area (Å²) < 4.78 is 2.28. The van der Waals surface area contributed by atoms with Crippen molar-refractivity contribution in [3.05, 3.63) is 297 Å². The van der Waals surface area contributed by atoms with Crippen LogP contribution >= 0.6 is 0 Å². The quantitative estimate of drug-likeness (QED) is 0.108. The molecule has 0 fully saturated rings. The van der Waals surface area contributed by atoms with Crippen LogP contribution in [0, 0.1) is 0 Å². The van der Waals surface area contributed by atoms with Gasteiger partial charge in [-0.3, -0.25) is 0 Å². The summed E-state index contributed by atoms with van der Waals surface area (Å²) in [7, 11) is 0. The van der Waals surface area contributed by atoms with Crippen molar-refractivity contribution in [2.45, 2.75) is 0 Å². The fraction of sp³-hybridized carbons (Fsp3) is 0. The first-order valence-corrected chi connectivity index (χ1v) is 29.8. The van der Waals surface area contributed by atoms with Crippen molar-refractivity contribution in [3.63, 3.8) is 0 Å². The van der Waals surface area contributed by atoms with Crippen LogP contribution in [0.1, 0.15) is 0 Å². The van der Waals surface area contributed by atoms with E-state index in [4.69, 9.17) is 59.8 Å². The number of aromatic nitrogens is 13. The summed E-state index contributed by atoms with van der Waals surface area (Å²) in [5, 5.41) is 1.83. The fourth-order valence-corrected chi connectivity index (χ4v) is 11.4. The SMILES string of the molecule is c1ccc(-c2nc(-c3ccccc3)nc(-c3ccc(-n4c5ccc(-c6nc(-c7ccccc7)nc(-c7ccccc7)n6)cc5c5cc(-c6nc(-c7ccccc7)nc(-c7ccccc7)n6)ccc54)c(-c4nc(-c5ccccc5)nc(-c5ccccc5)n4)c3)n2)cc1. The minimum absolute atomic E-state index is 0.438. The Balaban J connectivity index is 0.971. The van der Waals surface area contributed by atoms with Gasteiger partial charge in [-0.15, -0.1) is 0 Å². The van der Waals surface area contributed by atoms with Gasteiger partial charge in [-0.05, 0) is 54.6 Å². The molecule has 16 rings (SSSR count). The van der Waals surface area contributed by atoms with E-state index in [9.17, 15) is 0 Å². The van der Waals surface area contributed by atoms with Crippen LogP contribution in [0.25, 0.3) is 164 Å². The molecular weight excluding hydrogens is 1120 g/mol. The highest BCUT2D eigenvalue weighted by molar-refractivity contribution is 6.12. The van der Waals surface area contributed by atoms with Crippen molar-refractivity contribution in [1.82, 2.24) is 64.4 Å². The molecule has 13 nitrogen and oxygen atoms in total. The molecule has 0 aliphatic rings. The van der Waals surface area contributed by atoms with Crippen LogP contribution in [0.2, 0.25) is 0 Å². The Morgan fingerprint density at radius 2 is 0.363 bits per heavy atom. The molecule has 0 atom stereocenters. The van der Waals surface area contributed by atoms with E-state index < -0.39 is 0 Å². The average Bonchev–Trinajstić information content (AvgIpc) is 1.62. The van der Waals surface area contributed by atoms with Gasteiger partial charge in [-0.2, -0.15) is 0 Å². The normalized spacial score (nSPS) is 11.3. The highest BCUT2D eigenvalue weighted by Crippen LogP contribution is 2.42. The van der Waals surface area contributed by atoms with E-state index in [0.29, 0.717) is 75.5 Å². The molecule has 0 radical (unpaired) electrons. The summed E-state index contributed by atoms with van der Waals surface area (Å²) in [6.45, 7) is 0. The number of hydrogen-bond acceptors (Lipinski definition) is 12. The van der Waals surface area contributed by atoms with Gasteiger partial charge in [0.15, 0.2) is 69.9 Å². The molecule has 5 heterocycles. The van der Waals surface area contributed by atoms with Crippen LogP contribution in [0.5, 0.6) is 0 Å². The molecule has 0 bridgehead atoms. The molecule has 0 aliphatic heterocycles. The Morgan fingerprint density at radius 3 is 0.604 bits per heavy atom. The predicted molar refractivity (Wildman–Crippen MR) is 360 cm³/mol. The van der Waals surface area contributed by atoms with E-state index in [1.807, 2.05) is 243 Å². The molecular formula is C78H49N13. The lowest BCUT2D eigenvalue weighted by atomic mass is 10.1. The van der Waals surface area contributed by atoms with Gasteiger partial charge in [0.05, 0.1) is 16.7 Å². The van der Waals surface area contributed by atoms with E-state index >= 15 is 0 Å². The second kappa shape index (κ2) is 23.5. The zero-order valence-corrected chi connectivity index (χ0v) is 48.6. The lowest BCUT2D eigenvalue weighted by molar-refractivity contribution is 1.06. The Morgan fingerprint density at radius 1 is 0.165 bits per heavy atom. The highest BCUT2D eigenvalue weighted by atomic mass is 15.1. The lowest BCUT2D eigenvalue weighted by Gasteiger charge is -2.16. The Hall–Kier alpha value is -12.7. The summed E-state index contributed by atoms with van der Waals surface area (Å²) in [6.07, 6.45) is 0. The molecule has 0 saturated heterocycles. The summed E-state index contributed by atoms with van der Waals surface area (Å²) in [6, 6.07) is 99.2. The zero-order valence-electron chi connectivity index (χ0n) is 48.6. The third-order valence-corrected chi connectivity index (χ3v) is 15.8. The van der Waals surface area contributed by atoms with Crippen molar-refractivity contribution >= 4 is 21.8 Å². The van der Waals surface area contributed by atoms with Gasteiger partial charge in [-0.1, -0.05) is 243 Å². The number of nitrogens with zero attached hydrogens (tertiary/aromatic N) is 13. The summed E-state index contributed by atoms with van der Waals surface area (Å²) in [4.78, 5) is 62.4. The minimum Gasteiger partial charge on any atom is -0.308 e. The van der Waals surface area contributed by atoms with Crippen LogP contribution in [-0.2, 0) is 0 Å². The first-order chi connectivity index (χ1) is 45.1. The number of hydrogen-bond donors (Lipinski definition) is 0. The molecule has 13 heteroatoms. The van der Waals surface area contributed by atoms with Gasteiger partial charge in [-0.25, -0.2) is 59.8 Å². The summed E-state index contributed by atoms with van der Waals surface area (Å²) in [5.41, 5.74) is 12.4. The second-order valence-electron chi connectivity index (χ2n) is 21.7. The van der Waals surface area contributed by atoms with Gasteiger partial charge < -0.3 is 4.57 Å². The van der Waals surface area contributed by atoms with Gasteiger partial charge >= 0.3 is 0 Å². The molecule has 16 aromatic rings. The third-order valence-electron chi connectivity index (χ3n) is 15.8. The van der Waals surface area contributed by atoms with Crippen LogP contribution in [0.4, 0.5) is 0 Å². The molecule has 0 N–H and O–H groups in total. The number of fused-ring (bicyclic) bond motifs is 3. The van der Waals surface area contributed by atoms with E-state index in [1.165, 1.54) is 0 Å². The standard InChI is InChI=1S/C78H49N13/c1-9-25-50(26-10-1)67-79-68(51-27-11-2-12-28-51)84-75(83-67)58-41-44-64-61(47-58)62-48-59(76-85-69(52-29-13-3-14-30-52)80-70(86-76)53-31-15-4-16-32-53)42-45-65(62)91(64)66-46-43-60(77-87-71(54-33-17-5-18-34-54)81-72(88-77)55-35-19-6-20-36-55)49-63(66)78-89-73(56-37-21-7-22-38-56)82-74(90-78)57-39-23-8-24-40-57/h1-49H. The molecule has 11 aromatic carbocycles. The van der Waals surface area contributed by atoms with Gasteiger partial charge in [0, 0.05) is 77.5 Å². The van der Waals surface area contributed by atoms with Crippen molar-refractivity contribution in [1.29, 1.82) is 0 Å². The first-order valence-electron chi connectivity index (χ1n) is 29.8. The molecule has 426 valence electrons. The first kappa shape index (κ1) is 53.7. The van der Waals surface area contributed by atoms with E-state index in [-0.39, 0.29) is 0 Å².